The molecule has 0 aliphatic carbocycles. The number of carboxylic acids is 1. The molecule has 0 bridgehead atoms. The van der Waals surface area contributed by atoms with Crippen LogP contribution < -0.4 is 4.74 Å². The number of hydrogen-bond donors (Lipinski definition) is 1. The largest absolute Gasteiger partial charge is 0.486 e. The van der Waals surface area contributed by atoms with E-state index in [2.05, 4.69) is 4.98 Å². The summed E-state index contributed by atoms with van der Waals surface area (Å²) in [6, 6.07) is 7.05. The van der Waals surface area contributed by atoms with Crippen molar-refractivity contribution in [1.82, 2.24) is 4.98 Å². The van der Waals surface area contributed by atoms with Crippen LogP contribution in [0, 0.1) is 0 Å². The van der Waals surface area contributed by atoms with Gasteiger partial charge in [0, 0.05) is 0 Å². The Hall–Kier alpha value is -2.28. The van der Waals surface area contributed by atoms with Crippen molar-refractivity contribution in [2.75, 3.05) is 0 Å². The van der Waals surface area contributed by atoms with Crippen LogP contribution in [0.5, 0.6) is 5.75 Å². The molecule has 1 N–H and O–H groups in total. The van der Waals surface area contributed by atoms with Gasteiger partial charge in [-0.2, -0.15) is 13.2 Å². The van der Waals surface area contributed by atoms with Crippen molar-refractivity contribution in [3.63, 3.8) is 0 Å². The van der Waals surface area contributed by atoms with Gasteiger partial charge in [0.05, 0.1) is 16.3 Å². The highest BCUT2D eigenvalue weighted by Crippen LogP contribution is 2.34. The lowest BCUT2D eigenvalue weighted by molar-refractivity contribution is -0.137. The first-order chi connectivity index (χ1) is 10.3. The number of aromatic carboxylic acids is 1. The fourth-order valence-electron chi connectivity index (χ4n) is 1.62. The number of nitrogens with zero attached hydrogens (tertiary/aromatic N) is 1. The smallest absolute Gasteiger partial charge is 0.416 e. The van der Waals surface area contributed by atoms with Crippen LogP contribution in [0.25, 0.3) is 0 Å². The van der Waals surface area contributed by atoms with Crippen LogP contribution in [-0.4, -0.2) is 16.1 Å². The number of rotatable bonds is 4. The normalized spacial score (nSPS) is 11.3. The number of aromatic nitrogens is 1. The van der Waals surface area contributed by atoms with E-state index in [9.17, 15) is 18.0 Å². The molecule has 116 valence electrons. The van der Waals surface area contributed by atoms with Crippen LogP contribution in [-0.2, 0) is 12.8 Å². The Kier molecular flexibility index (Phi) is 4.56. The summed E-state index contributed by atoms with van der Waals surface area (Å²) in [7, 11) is 0. The first kappa shape index (κ1) is 16.1. The lowest BCUT2D eigenvalue weighted by Crippen LogP contribution is -2.06. The van der Waals surface area contributed by atoms with E-state index in [1.807, 2.05) is 0 Å². The minimum absolute atomic E-state index is 0.0530. The molecule has 0 radical (unpaired) electrons. The zero-order chi connectivity index (χ0) is 16.3. The Balaban J connectivity index is 2.12. The average molecular weight is 332 g/mol. The summed E-state index contributed by atoms with van der Waals surface area (Å²) in [6.07, 6.45) is -4.49. The van der Waals surface area contributed by atoms with E-state index in [-0.39, 0.29) is 23.1 Å². The number of carbonyl (C=O) groups is 1. The molecule has 1 aromatic heterocycles. The molecule has 2 rings (SSSR count). The van der Waals surface area contributed by atoms with Crippen molar-refractivity contribution in [1.29, 1.82) is 0 Å². The van der Waals surface area contributed by atoms with Crippen LogP contribution in [0.1, 0.15) is 21.7 Å². The van der Waals surface area contributed by atoms with E-state index < -0.39 is 17.7 Å². The third kappa shape index (κ3) is 3.88. The molecule has 22 heavy (non-hydrogen) atoms. The van der Waals surface area contributed by atoms with Gasteiger partial charge in [-0.3, -0.25) is 0 Å². The van der Waals surface area contributed by atoms with E-state index >= 15 is 0 Å². The highest BCUT2D eigenvalue weighted by Gasteiger charge is 2.31. The van der Waals surface area contributed by atoms with Crippen LogP contribution in [0.3, 0.4) is 0 Å². The molecule has 0 aliphatic rings. The maximum atomic E-state index is 12.5. The molecule has 1 aromatic carbocycles. The van der Waals surface area contributed by atoms with Gasteiger partial charge in [-0.25, -0.2) is 9.78 Å². The number of hydrogen-bond acceptors (Lipinski definition) is 3. The topological polar surface area (TPSA) is 59.4 Å². The second-order valence-electron chi connectivity index (χ2n) is 4.25. The fourth-order valence-corrected chi connectivity index (χ4v) is 1.86. The summed E-state index contributed by atoms with van der Waals surface area (Å²) in [5.74, 6) is -1.13. The molecule has 0 amide bonds. The zero-order valence-electron chi connectivity index (χ0n) is 10.9. The first-order valence-corrected chi connectivity index (χ1v) is 6.34. The molecule has 0 unspecified atom stereocenters. The maximum Gasteiger partial charge on any atom is 0.416 e. The maximum absolute atomic E-state index is 12.5. The van der Waals surface area contributed by atoms with Gasteiger partial charge >= 0.3 is 12.1 Å². The number of carboxylic acid groups (broad SMARTS) is 1. The van der Waals surface area contributed by atoms with Gasteiger partial charge in [-0.1, -0.05) is 17.7 Å². The third-order valence-corrected chi connectivity index (χ3v) is 2.96. The molecule has 0 saturated heterocycles. The number of ether oxygens (including phenoxy) is 1. The van der Waals surface area contributed by atoms with Crippen molar-refractivity contribution >= 4 is 17.6 Å². The van der Waals surface area contributed by atoms with Crippen LogP contribution in [0.4, 0.5) is 13.2 Å². The summed E-state index contributed by atoms with van der Waals surface area (Å²) in [5, 5.41) is 8.62. The van der Waals surface area contributed by atoms with Gasteiger partial charge in [0.25, 0.3) is 0 Å². The van der Waals surface area contributed by atoms with Crippen LogP contribution in [0.15, 0.2) is 36.4 Å². The first-order valence-electron chi connectivity index (χ1n) is 5.96. The molecule has 4 nitrogen and oxygen atoms in total. The molecule has 0 saturated carbocycles. The fraction of sp³-hybridized carbons (Fsp3) is 0.143. The second kappa shape index (κ2) is 6.23. The summed E-state index contributed by atoms with van der Waals surface area (Å²) in [6.45, 7) is -0.119. The van der Waals surface area contributed by atoms with Crippen molar-refractivity contribution in [2.45, 2.75) is 12.8 Å². The second-order valence-corrected chi connectivity index (χ2v) is 4.66. The molecule has 0 fully saturated rings. The minimum Gasteiger partial charge on any atom is -0.486 e. The Morgan fingerprint density at radius 2 is 2.00 bits per heavy atom. The molecule has 0 aliphatic heterocycles. The standard InChI is InChI=1S/C14H9ClF3NO3/c15-10-6-8(14(16,17)18)4-5-12(10)22-7-9-2-1-3-11(19-9)13(20)21/h1-6H,7H2,(H,20,21). The molecule has 8 heteroatoms. The van der Waals surface area contributed by atoms with E-state index in [4.69, 9.17) is 21.4 Å². The molecule has 0 spiro atoms. The number of halogens is 4. The summed E-state index contributed by atoms with van der Waals surface area (Å²) in [4.78, 5) is 14.6. The predicted molar refractivity (Wildman–Crippen MR) is 72.0 cm³/mol. The van der Waals surface area contributed by atoms with Crippen molar-refractivity contribution in [2.24, 2.45) is 0 Å². The Labute approximate surface area is 128 Å². The minimum atomic E-state index is -4.49. The van der Waals surface area contributed by atoms with Gasteiger partial charge in [0.15, 0.2) is 0 Å². The Morgan fingerprint density at radius 3 is 2.59 bits per heavy atom. The van der Waals surface area contributed by atoms with Gasteiger partial charge < -0.3 is 9.84 Å². The molecular formula is C14H9ClF3NO3. The number of pyridine rings is 1. The third-order valence-electron chi connectivity index (χ3n) is 2.66. The van der Waals surface area contributed by atoms with Crippen molar-refractivity contribution in [3.05, 3.63) is 58.4 Å². The van der Waals surface area contributed by atoms with Gasteiger partial charge in [-0.15, -0.1) is 0 Å². The molecule has 2 aromatic rings. The Morgan fingerprint density at radius 1 is 1.27 bits per heavy atom. The van der Waals surface area contributed by atoms with Crippen LogP contribution in [0.2, 0.25) is 5.02 Å². The molecular weight excluding hydrogens is 323 g/mol. The summed E-state index contributed by atoms with van der Waals surface area (Å²) in [5.41, 5.74) is -0.716. The quantitative estimate of drug-likeness (QED) is 0.919. The SMILES string of the molecule is O=C(O)c1cccc(COc2ccc(C(F)(F)F)cc2Cl)n1. The summed E-state index contributed by atoms with van der Waals surface area (Å²) < 4.78 is 42.8. The van der Waals surface area contributed by atoms with E-state index in [0.29, 0.717) is 5.69 Å². The van der Waals surface area contributed by atoms with E-state index in [1.54, 1.807) is 0 Å². The van der Waals surface area contributed by atoms with Crippen molar-refractivity contribution in [3.8, 4) is 5.75 Å². The number of benzene rings is 1. The van der Waals surface area contributed by atoms with Gasteiger partial charge in [0.2, 0.25) is 0 Å². The summed E-state index contributed by atoms with van der Waals surface area (Å²) >= 11 is 5.74. The van der Waals surface area contributed by atoms with Gasteiger partial charge in [0.1, 0.15) is 18.1 Å². The zero-order valence-corrected chi connectivity index (χ0v) is 11.6. The average Bonchev–Trinajstić information content (AvgIpc) is 2.45. The molecule has 0 atom stereocenters. The molecule has 1 heterocycles. The highest BCUT2D eigenvalue weighted by atomic mass is 35.5. The van der Waals surface area contributed by atoms with E-state index in [1.165, 1.54) is 18.2 Å². The Bertz CT molecular complexity index is 704. The van der Waals surface area contributed by atoms with Crippen LogP contribution >= 0.6 is 11.6 Å². The lowest BCUT2D eigenvalue weighted by atomic mass is 10.2. The monoisotopic (exact) mass is 331 g/mol. The highest BCUT2D eigenvalue weighted by molar-refractivity contribution is 6.32. The predicted octanol–water partition coefficient (Wildman–Crippen LogP) is 4.03. The number of alkyl halides is 3. The van der Waals surface area contributed by atoms with Crippen molar-refractivity contribution < 1.29 is 27.8 Å². The van der Waals surface area contributed by atoms with Gasteiger partial charge in [-0.05, 0) is 30.3 Å². The lowest BCUT2D eigenvalue weighted by Gasteiger charge is -2.11. The van der Waals surface area contributed by atoms with E-state index in [0.717, 1.165) is 18.2 Å².